The number of carbonyl (C=O) groups excluding carboxylic acids is 1. The summed E-state index contributed by atoms with van der Waals surface area (Å²) in [5.41, 5.74) is 2.13. The van der Waals surface area contributed by atoms with Crippen LogP contribution in [0.4, 0.5) is 5.69 Å². The molecule has 0 bridgehead atoms. The van der Waals surface area contributed by atoms with Gasteiger partial charge in [0, 0.05) is 30.7 Å². The van der Waals surface area contributed by atoms with Crippen molar-refractivity contribution in [2.24, 2.45) is 5.41 Å². The number of nitrogens with zero attached hydrogens (tertiary/aromatic N) is 1. The van der Waals surface area contributed by atoms with Crippen LogP contribution in [-0.4, -0.2) is 19.0 Å². The summed E-state index contributed by atoms with van der Waals surface area (Å²) in [5.74, 6) is 0.0950. The third-order valence-corrected chi connectivity index (χ3v) is 3.79. The second-order valence-corrected chi connectivity index (χ2v) is 6.65. The highest BCUT2D eigenvalue weighted by Crippen LogP contribution is 2.20. The van der Waals surface area contributed by atoms with Crippen molar-refractivity contribution in [3.05, 3.63) is 29.8 Å². The van der Waals surface area contributed by atoms with Crippen molar-refractivity contribution in [2.45, 2.75) is 46.6 Å². The molecule has 1 aliphatic heterocycles. The fraction of sp³-hybridized carbons (Fsp3) is 0.588. The topological polar surface area (TPSA) is 32.3 Å². The Balaban J connectivity index is 1.90. The highest BCUT2D eigenvalue weighted by Gasteiger charge is 2.20. The first kappa shape index (κ1) is 14.9. The van der Waals surface area contributed by atoms with Gasteiger partial charge >= 0.3 is 0 Å². The summed E-state index contributed by atoms with van der Waals surface area (Å²) in [6.45, 7) is 8.74. The van der Waals surface area contributed by atoms with Crippen LogP contribution in [0.2, 0.25) is 0 Å². The third-order valence-electron chi connectivity index (χ3n) is 3.79. The fourth-order valence-electron chi connectivity index (χ4n) is 2.42. The van der Waals surface area contributed by atoms with Crippen LogP contribution in [-0.2, 0) is 11.3 Å². The van der Waals surface area contributed by atoms with Gasteiger partial charge in [-0.15, -0.1) is 0 Å². The quantitative estimate of drug-likeness (QED) is 0.917. The molecular weight excluding hydrogens is 248 g/mol. The molecule has 0 saturated carbocycles. The van der Waals surface area contributed by atoms with Gasteiger partial charge in [0.25, 0.3) is 0 Å². The molecule has 1 fully saturated rings. The molecule has 0 aromatic heterocycles. The average molecular weight is 274 g/mol. The van der Waals surface area contributed by atoms with E-state index in [2.05, 4.69) is 34.5 Å². The molecule has 1 N–H and O–H groups in total. The van der Waals surface area contributed by atoms with Gasteiger partial charge in [0.15, 0.2) is 0 Å². The largest absolute Gasteiger partial charge is 0.372 e. The molecule has 1 aromatic rings. The lowest BCUT2D eigenvalue weighted by molar-refractivity contribution is -0.128. The van der Waals surface area contributed by atoms with Crippen LogP contribution >= 0.6 is 0 Å². The van der Waals surface area contributed by atoms with E-state index in [1.807, 2.05) is 20.8 Å². The van der Waals surface area contributed by atoms with E-state index in [0.29, 0.717) is 6.54 Å². The number of rotatable bonds is 3. The molecule has 0 unspecified atom stereocenters. The van der Waals surface area contributed by atoms with Gasteiger partial charge in [-0.2, -0.15) is 0 Å². The first-order valence-corrected chi connectivity index (χ1v) is 7.59. The summed E-state index contributed by atoms with van der Waals surface area (Å²) in [4.78, 5) is 14.3. The van der Waals surface area contributed by atoms with Gasteiger partial charge in [-0.1, -0.05) is 32.9 Å². The van der Waals surface area contributed by atoms with E-state index in [-0.39, 0.29) is 11.3 Å². The molecule has 1 saturated heterocycles. The lowest BCUT2D eigenvalue weighted by Crippen LogP contribution is -2.34. The van der Waals surface area contributed by atoms with Crippen molar-refractivity contribution >= 4 is 11.6 Å². The summed E-state index contributed by atoms with van der Waals surface area (Å²) in [6, 6.07) is 8.58. The molecule has 3 nitrogen and oxygen atoms in total. The minimum absolute atomic E-state index is 0.0950. The molecule has 2 rings (SSSR count). The van der Waals surface area contributed by atoms with E-state index in [4.69, 9.17) is 0 Å². The number of hydrogen-bond donors (Lipinski definition) is 1. The second-order valence-electron chi connectivity index (χ2n) is 6.65. The Morgan fingerprint density at radius 1 is 1.10 bits per heavy atom. The summed E-state index contributed by atoms with van der Waals surface area (Å²) >= 11 is 0. The highest BCUT2D eigenvalue weighted by atomic mass is 16.2. The van der Waals surface area contributed by atoms with Crippen molar-refractivity contribution in [1.29, 1.82) is 0 Å². The number of piperidine rings is 1. The van der Waals surface area contributed by atoms with E-state index in [1.165, 1.54) is 38.0 Å². The number of amides is 1. The van der Waals surface area contributed by atoms with Crippen LogP contribution in [0.5, 0.6) is 0 Å². The summed E-state index contributed by atoms with van der Waals surface area (Å²) in [5, 5.41) is 2.99. The lowest BCUT2D eigenvalue weighted by Gasteiger charge is -2.28. The zero-order valence-corrected chi connectivity index (χ0v) is 12.9. The Hall–Kier alpha value is -1.51. The van der Waals surface area contributed by atoms with E-state index < -0.39 is 0 Å². The number of anilines is 1. The normalized spacial score (nSPS) is 16.1. The Morgan fingerprint density at radius 2 is 1.70 bits per heavy atom. The van der Waals surface area contributed by atoms with Crippen molar-refractivity contribution in [3.63, 3.8) is 0 Å². The lowest BCUT2D eigenvalue weighted by atomic mass is 9.95. The SMILES string of the molecule is CC(C)(C)C(=O)NCc1ccc(N2CCCCC2)cc1. The minimum atomic E-state index is -0.326. The molecule has 0 spiro atoms. The molecule has 0 aliphatic carbocycles. The van der Waals surface area contributed by atoms with Crippen LogP contribution in [0.15, 0.2) is 24.3 Å². The number of benzene rings is 1. The van der Waals surface area contributed by atoms with Crippen LogP contribution in [0, 0.1) is 5.41 Å². The first-order valence-electron chi connectivity index (χ1n) is 7.59. The summed E-state index contributed by atoms with van der Waals surface area (Å²) in [6.07, 6.45) is 3.94. The van der Waals surface area contributed by atoms with Gasteiger partial charge in [0.1, 0.15) is 0 Å². The fourth-order valence-corrected chi connectivity index (χ4v) is 2.42. The van der Waals surface area contributed by atoms with Gasteiger partial charge in [0.05, 0.1) is 0 Å². The number of carbonyl (C=O) groups is 1. The smallest absolute Gasteiger partial charge is 0.225 e. The zero-order valence-electron chi connectivity index (χ0n) is 12.9. The van der Waals surface area contributed by atoms with Crippen LogP contribution in [0.25, 0.3) is 0 Å². The van der Waals surface area contributed by atoms with Crippen LogP contribution in [0.1, 0.15) is 45.6 Å². The van der Waals surface area contributed by atoms with E-state index in [9.17, 15) is 4.79 Å². The Labute approximate surface area is 122 Å². The predicted octanol–water partition coefficient (Wildman–Crippen LogP) is 3.34. The standard InChI is InChI=1S/C17H26N2O/c1-17(2,3)16(20)18-13-14-7-9-15(10-8-14)19-11-5-4-6-12-19/h7-10H,4-6,11-13H2,1-3H3,(H,18,20). The van der Waals surface area contributed by atoms with Gasteiger partial charge in [-0.05, 0) is 37.0 Å². The van der Waals surface area contributed by atoms with Gasteiger partial charge in [0.2, 0.25) is 5.91 Å². The van der Waals surface area contributed by atoms with E-state index in [1.54, 1.807) is 0 Å². The molecule has 1 amide bonds. The van der Waals surface area contributed by atoms with Crippen molar-refractivity contribution in [2.75, 3.05) is 18.0 Å². The molecule has 1 aliphatic rings. The average Bonchev–Trinajstić information content (AvgIpc) is 2.45. The van der Waals surface area contributed by atoms with Crippen LogP contribution < -0.4 is 10.2 Å². The predicted molar refractivity (Wildman–Crippen MR) is 83.8 cm³/mol. The first-order chi connectivity index (χ1) is 9.47. The maximum atomic E-state index is 11.8. The Bertz CT molecular complexity index is 439. The Kier molecular flexibility index (Phi) is 4.69. The zero-order chi connectivity index (χ0) is 14.6. The summed E-state index contributed by atoms with van der Waals surface area (Å²) in [7, 11) is 0. The van der Waals surface area contributed by atoms with E-state index >= 15 is 0 Å². The third kappa shape index (κ3) is 3.99. The maximum Gasteiger partial charge on any atom is 0.225 e. The molecule has 110 valence electrons. The molecule has 0 radical (unpaired) electrons. The molecule has 0 atom stereocenters. The Morgan fingerprint density at radius 3 is 2.25 bits per heavy atom. The molecule has 20 heavy (non-hydrogen) atoms. The van der Waals surface area contributed by atoms with Gasteiger partial charge in [-0.3, -0.25) is 4.79 Å². The van der Waals surface area contributed by atoms with E-state index in [0.717, 1.165) is 5.56 Å². The monoisotopic (exact) mass is 274 g/mol. The number of nitrogens with one attached hydrogen (secondary N) is 1. The summed E-state index contributed by atoms with van der Waals surface area (Å²) < 4.78 is 0. The maximum absolute atomic E-state index is 11.8. The minimum Gasteiger partial charge on any atom is -0.372 e. The highest BCUT2D eigenvalue weighted by molar-refractivity contribution is 5.81. The van der Waals surface area contributed by atoms with Crippen molar-refractivity contribution in [3.8, 4) is 0 Å². The van der Waals surface area contributed by atoms with Gasteiger partial charge in [-0.25, -0.2) is 0 Å². The van der Waals surface area contributed by atoms with Crippen LogP contribution in [0.3, 0.4) is 0 Å². The van der Waals surface area contributed by atoms with Crippen molar-refractivity contribution in [1.82, 2.24) is 5.32 Å². The molecule has 3 heteroatoms. The second kappa shape index (κ2) is 6.29. The number of hydrogen-bond acceptors (Lipinski definition) is 2. The van der Waals surface area contributed by atoms with Crippen molar-refractivity contribution < 1.29 is 4.79 Å². The molecule has 1 heterocycles. The molecule has 1 aromatic carbocycles. The van der Waals surface area contributed by atoms with Gasteiger partial charge < -0.3 is 10.2 Å². The molecular formula is C17H26N2O.